The van der Waals surface area contributed by atoms with Crippen molar-refractivity contribution in [1.82, 2.24) is 4.90 Å². The Morgan fingerprint density at radius 2 is 1.95 bits per heavy atom. The molecule has 2 aromatic carbocycles. The van der Waals surface area contributed by atoms with Crippen molar-refractivity contribution in [3.8, 4) is 0 Å². The van der Waals surface area contributed by atoms with E-state index in [1.807, 2.05) is 18.2 Å². The predicted octanol–water partition coefficient (Wildman–Crippen LogP) is 3.34. The van der Waals surface area contributed by atoms with Crippen molar-refractivity contribution in [2.24, 2.45) is 0 Å². The maximum atomic E-state index is 12.1. The summed E-state index contributed by atoms with van der Waals surface area (Å²) in [4.78, 5) is 14.3. The van der Waals surface area contributed by atoms with Crippen LogP contribution in [-0.4, -0.2) is 23.9 Å². The summed E-state index contributed by atoms with van der Waals surface area (Å²) in [6.07, 6.45) is 1.00. The lowest BCUT2D eigenvalue weighted by Gasteiger charge is -2.28. The number of fused-ring (bicyclic) bond motifs is 1. The Morgan fingerprint density at radius 3 is 2.76 bits per heavy atom. The van der Waals surface area contributed by atoms with E-state index in [0.29, 0.717) is 11.6 Å². The lowest BCUT2D eigenvalue weighted by atomic mass is 10.00. The van der Waals surface area contributed by atoms with Gasteiger partial charge in [-0.2, -0.15) is 0 Å². The second kappa shape index (κ2) is 6.29. The number of halogens is 1. The Balaban J connectivity index is 1.59. The van der Waals surface area contributed by atoms with Crippen LogP contribution in [-0.2, 0) is 17.8 Å². The number of rotatable bonds is 3. The quantitative estimate of drug-likeness (QED) is 0.943. The average molecular weight is 301 g/mol. The topological polar surface area (TPSA) is 32.3 Å². The number of anilines is 1. The van der Waals surface area contributed by atoms with E-state index >= 15 is 0 Å². The minimum atomic E-state index is -0.00310. The molecule has 1 aliphatic heterocycles. The minimum Gasteiger partial charge on any atom is -0.325 e. The Bertz CT molecular complexity index is 657. The van der Waals surface area contributed by atoms with Crippen LogP contribution in [0.5, 0.6) is 0 Å². The summed E-state index contributed by atoms with van der Waals surface area (Å²) in [7, 11) is 0. The third-order valence-corrected chi connectivity index (χ3v) is 3.92. The number of nitrogens with one attached hydrogen (secondary N) is 1. The smallest absolute Gasteiger partial charge is 0.238 e. The van der Waals surface area contributed by atoms with Crippen molar-refractivity contribution in [3.63, 3.8) is 0 Å². The number of carbonyl (C=O) groups excluding carboxylic acids is 1. The maximum Gasteiger partial charge on any atom is 0.238 e. The summed E-state index contributed by atoms with van der Waals surface area (Å²) >= 11 is 5.91. The number of nitrogens with zero attached hydrogens (tertiary/aromatic N) is 1. The zero-order chi connectivity index (χ0) is 14.7. The van der Waals surface area contributed by atoms with Gasteiger partial charge in [0.05, 0.1) is 6.54 Å². The Hall–Kier alpha value is -1.84. The van der Waals surface area contributed by atoms with Crippen molar-refractivity contribution in [1.29, 1.82) is 0 Å². The van der Waals surface area contributed by atoms with Crippen molar-refractivity contribution >= 4 is 23.2 Å². The maximum absolute atomic E-state index is 12.1. The first-order chi connectivity index (χ1) is 10.2. The summed E-state index contributed by atoms with van der Waals surface area (Å²) in [5, 5.41) is 3.51. The van der Waals surface area contributed by atoms with Crippen molar-refractivity contribution in [3.05, 3.63) is 64.7 Å². The molecule has 0 aliphatic carbocycles. The van der Waals surface area contributed by atoms with Crippen LogP contribution in [0.1, 0.15) is 11.1 Å². The molecular formula is C17H17ClN2O. The molecule has 0 saturated carbocycles. The van der Waals surface area contributed by atoms with Crippen LogP contribution in [0.3, 0.4) is 0 Å². The van der Waals surface area contributed by atoms with E-state index in [1.165, 1.54) is 11.1 Å². The lowest BCUT2D eigenvalue weighted by molar-refractivity contribution is -0.117. The minimum absolute atomic E-state index is 0.00310. The predicted molar refractivity (Wildman–Crippen MR) is 85.5 cm³/mol. The van der Waals surface area contributed by atoms with Gasteiger partial charge >= 0.3 is 0 Å². The zero-order valence-electron chi connectivity index (χ0n) is 11.7. The molecule has 0 bridgehead atoms. The third kappa shape index (κ3) is 3.63. The molecule has 1 aliphatic rings. The molecule has 0 spiro atoms. The van der Waals surface area contributed by atoms with Crippen LogP contribution >= 0.6 is 11.6 Å². The number of benzene rings is 2. The molecule has 0 saturated heterocycles. The highest BCUT2D eigenvalue weighted by Crippen LogP contribution is 2.19. The molecule has 2 aromatic rings. The molecule has 0 aromatic heterocycles. The number of hydrogen-bond acceptors (Lipinski definition) is 2. The van der Waals surface area contributed by atoms with Crippen molar-refractivity contribution in [2.45, 2.75) is 13.0 Å². The first-order valence-corrected chi connectivity index (χ1v) is 7.43. The molecule has 108 valence electrons. The molecule has 1 N–H and O–H groups in total. The van der Waals surface area contributed by atoms with Gasteiger partial charge in [0.1, 0.15) is 0 Å². The molecule has 3 nitrogen and oxygen atoms in total. The van der Waals surface area contributed by atoms with Crippen LogP contribution in [0.4, 0.5) is 5.69 Å². The van der Waals surface area contributed by atoms with E-state index in [9.17, 15) is 4.79 Å². The molecule has 0 unspecified atom stereocenters. The zero-order valence-corrected chi connectivity index (χ0v) is 12.4. The van der Waals surface area contributed by atoms with Gasteiger partial charge in [-0.3, -0.25) is 9.69 Å². The Morgan fingerprint density at radius 1 is 1.14 bits per heavy atom. The van der Waals surface area contributed by atoms with Gasteiger partial charge in [-0.05, 0) is 35.7 Å². The molecule has 0 atom stereocenters. The molecule has 0 radical (unpaired) electrons. The van der Waals surface area contributed by atoms with Crippen LogP contribution < -0.4 is 5.32 Å². The van der Waals surface area contributed by atoms with E-state index in [1.54, 1.807) is 12.1 Å². The molecule has 1 amide bonds. The standard InChI is InChI=1S/C17H17ClN2O/c18-15-6-3-7-16(10-15)19-17(21)12-20-9-8-13-4-1-2-5-14(13)11-20/h1-7,10H,8-9,11-12H2,(H,19,21). The Labute approximate surface area is 129 Å². The van der Waals surface area contributed by atoms with Gasteiger partial charge in [-0.25, -0.2) is 0 Å². The Kier molecular flexibility index (Phi) is 4.23. The second-order valence-electron chi connectivity index (χ2n) is 5.29. The van der Waals surface area contributed by atoms with Crippen LogP contribution in [0.25, 0.3) is 0 Å². The SMILES string of the molecule is O=C(CN1CCc2ccccc2C1)Nc1cccc(Cl)c1. The van der Waals surface area contributed by atoms with Crippen molar-refractivity contribution in [2.75, 3.05) is 18.4 Å². The van der Waals surface area contributed by atoms with Gasteiger partial charge in [0, 0.05) is 23.8 Å². The largest absolute Gasteiger partial charge is 0.325 e. The average Bonchev–Trinajstić information content (AvgIpc) is 2.47. The fourth-order valence-electron chi connectivity index (χ4n) is 2.66. The van der Waals surface area contributed by atoms with Crippen LogP contribution in [0.2, 0.25) is 5.02 Å². The van der Waals surface area contributed by atoms with Gasteiger partial charge < -0.3 is 5.32 Å². The summed E-state index contributed by atoms with van der Waals surface area (Å²) in [6.45, 7) is 2.15. The molecule has 0 fully saturated rings. The highest BCUT2D eigenvalue weighted by Gasteiger charge is 2.17. The summed E-state index contributed by atoms with van der Waals surface area (Å²) in [5.74, 6) is -0.00310. The van der Waals surface area contributed by atoms with Crippen molar-refractivity contribution < 1.29 is 4.79 Å². The summed E-state index contributed by atoms with van der Waals surface area (Å²) < 4.78 is 0. The monoisotopic (exact) mass is 300 g/mol. The first-order valence-electron chi connectivity index (χ1n) is 7.05. The normalized spacial score (nSPS) is 14.5. The second-order valence-corrected chi connectivity index (χ2v) is 5.72. The third-order valence-electron chi connectivity index (χ3n) is 3.69. The molecular weight excluding hydrogens is 284 g/mol. The molecule has 4 heteroatoms. The first kappa shape index (κ1) is 14.1. The van der Waals surface area contributed by atoms with E-state index in [2.05, 4.69) is 28.4 Å². The highest BCUT2D eigenvalue weighted by atomic mass is 35.5. The van der Waals surface area contributed by atoms with E-state index in [-0.39, 0.29) is 5.91 Å². The molecule has 1 heterocycles. The number of carbonyl (C=O) groups is 1. The van der Waals surface area contributed by atoms with Gasteiger partial charge in [-0.15, -0.1) is 0 Å². The van der Waals surface area contributed by atoms with E-state index in [0.717, 1.165) is 25.2 Å². The van der Waals surface area contributed by atoms with Crippen LogP contribution in [0.15, 0.2) is 48.5 Å². The number of hydrogen-bond donors (Lipinski definition) is 1. The highest BCUT2D eigenvalue weighted by molar-refractivity contribution is 6.30. The van der Waals surface area contributed by atoms with Gasteiger partial charge in [0.2, 0.25) is 5.91 Å². The van der Waals surface area contributed by atoms with E-state index in [4.69, 9.17) is 11.6 Å². The van der Waals surface area contributed by atoms with E-state index < -0.39 is 0 Å². The summed E-state index contributed by atoms with van der Waals surface area (Å²) in [5.41, 5.74) is 3.45. The van der Waals surface area contributed by atoms with Crippen LogP contribution in [0, 0.1) is 0 Å². The summed E-state index contributed by atoms with van der Waals surface area (Å²) in [6, 6.07) is 15.6. The fourth-order valence-corrected chi connectivity index (χ4v) is 2.85. The van der Waals surface area contributed by atoms with Gasteiger partial charge in [0.15, 0.2) is 0 Å². The van der Waals surface area contributed by atoms with Gasteiger partial charge in [-0.1, -0.05) is 41.9 Å². The molecule has 3 rings (SSSR count). The fraction of sp³-hybridized carbons (Fsp3) is 0.235. The lowest BCUT2D eigenvalue weighted by Crippen LogP contribution is -2.37. The molecule has 21 heavy (non-hydrogen) atoms. The van der Waals surface area contributed by atoms with Gasteiger partial charge in [0.25, 0.3) is 0 Å². The number of amides is 1.